The highest BCUT2D eigenvalue weighted by atomic mass is 19.4. The summed E-state index contributed by atoms with van der Waals surface area (Å²) in [4.78, 5) is 14.7. The average molecular weight is 471 g/mol. The van der Waals surface area contributed by atoms with Gasteiger partial charge < -0.3 is 10.2 Å². The van der Waals surface area contributed by atoms with Gasteiger partial charge in [-0.25, -0.2) is 0 Å². The molecule has 0 aromatic heterocycles. The van der Waals surface area contributed by atoms with Crippen LogP contribution in [-0.2, 0) is 11.0 Å². The minimum Gasteiger partial charge on any atom is -0.384 e. The van der Waals surface area contributed by atoms with Crippen LogP contribution in [0.3, 0.4) is 0 Å². The molecular weight excluding hydrogens is 437 g/mol. The predicted molar refractivity (Wildman–Crippen MR) is 133 cm³/mol. The van der Waals surface area contributed by atoms with Crippen LogP contribution in [0.5, 0.6) is 0 Å². The molecule has 4 rings (SSSR count). The summed E-state index contributed by atoms with van der Waals surface area (Å²) in [5.74, 6) is -0.554. The zero-order valence-corrected chi connectivity index (χ0v) is 19.8. The first-order valence-electron chi connectivity index (χ1n) is 11.7. The molecule has 0 bridgehead atoms. The van der Waals surface area contributed by atoms with Gasteiger partial charge in [0.05, 0.1) is 11.5 Å². The Balaban J connectivity index is 0.000000437. The molecule has 1 aliphatic heterocycles. The third kappa shape index (κ3) is 8.58. The third-order valence-corrected chi connectivity index (χ3v) is 5.31. The molecule has 0 aliphatic carbocycles. The van der Waals surface area contributed by atoms with E-state index in [0.29, 0.717) is 25.2 Å². The molecule has 0 radical (unpaired) electrons. The Hall–Kier alpha value is -3.28. The van der Waals surface area contributed by atoms with Crippen molar-refractivity contribution in [3.05, 3.63) is 102 Å². The average Bonchev–Trinajstić information content (AvgIpc) is 3.42. The summed E-state index contributed by atoms with van der Waals surface area (Å²) in [5.41, 5.74) is 0.765. The van der Waals surface area contributed by atoms with Gasteiger partial charge in [0.25, 0.3) is 0 Å². The van der Waals surface area contributed by atoms with Crippen LogP contribution in [-0.4, -0.2) is 30.4 Å². The van der Waals surface area contributed by atoms with Crippen molar-refractivity contribution in [1.29, 1.82) is 0 Å². The summed E-state index contributed by atoms with van der Waals surface area (Å²) < 4.78 is 38.4. The molecule has 182 valence electrons. The summed E-state index contributed by atoms with van der Waals surface area (Å²) in [6.45, 7) is 5.76. The van der Waals surface area contributed by atoms with Crippen LogP contribution in [0, 0.1) is 0 Å². The minimum atomic E-state index is -4.38. The Kier molecular flexibility index (Phi) is 11.2. The molecule has 1 aliphatic rings. The first kappa shape index (κ1) is 27.0. The van der Waals surface area contributed by atoms with Gasteiger partial charge in [0.2, 0.25) is 5.91 Å². The second-order valence-electron chi connectivity index (χ2n) is 7.61. The lowest BCUT2D eigenvalue weighted by molar-refractivity contribution is -0.137. The van der Waals surface area contributed by atoms with E-state index < -0.39 is 17.7 Å². The van der Waals surface area contributed by atoms with Crippen LogP contribution in [0.1, 0.15) is 43.7 Å². The van der Waals surface area contributed by atoms with Crippen molar-refractivity contribution in [1.82, 2.24) is 4.90 Å². The number of benzene rings is 3. The molecule has 0 saturated carbocycles. The van der Waals surface area contributed by atoms with Crippen molar-refractivity contribution in [2.75, 3.05) is 25.0 Å². The fraction of sp³-hybridized carbons (Fsp3) is 0.321. The number of likely N-dealkylation sites (tertiary alicyclic amines) is 1. The number of amides is 1. The van der Waals surface area contributed by atoms with Gasteiger partial charge in [-0.1, -0.05) is 80.6 Å². The van der Waals surface area contributed by atoms with Crippen LogP contribution in [0.4, 0.5) is 18.9 Å². The van der Waals surface area contributed by atoms with Crippen molar-refractivity contribution in [3.63, 3.8) is 0 Å². The second kappa shape index (κ2) is 14.1. The van der Waals surface area contributed by atoms with Crippen molar-refractivity contribution in [2.45, 2.75) is 38.8 Å². The Morgan fingerprint density at radius 1 is 0.824 bits per heavy atom. The van der Waals surface area contributed by atoms with E-state index in [1.54, 1.807) is 4.90 Å². The van der Waals surface area contributed by atoms with E-state index in [-0.39, 0.29) is 5.91 Å². The molecule has 1 N–H and O–H groups in total. The maximum atomic E-state index is 12.9. The van der Waals surface area contributed by atoms with Crippen LogP contribution in [0.2, 0.25) is 0 Å². The largest absolute Gasteiger partial charge is 0.416 e. The smallest absolute Gasteiger partial charge is 0.384 e. The maximum absolute atomic E-state index is 12.9. The summed E-state index contributed by atoms with van der Waals surface area (Å²) in [7, 11) is 0. The van der Waals surface area contributed by atoms with Crippen LogP contribution in [0.25, 0.3) is 0 Å². The quantitative estimate of drug-likeness (QED) is 0.426. The zero-order chi connectivity index (χ0) is 24.8. The Labute approximate surface area is 200 Å². The molecule has 6 heteroatoms. The number of nitrogens with zero attached hydrogens (tertiary/aromatic N) is 1. The monoisotopic (exact) mass is 470 g/mol. The Bertz CT molecular complexity index is 912. The number of rotatable bonds is 5. The van der Waals surface area contributed by atoms with E-state index in [1.165, 1.54) is 12.1 Å². The second-order valence-corrected chi connectivity index (χ2v) is 7.61. The SMILES string of the molecule is CC.O=C(C(CNc1ccccc1)c1ccc(C(F)(F)F)cc1)N1CCCC1.c1ccccc1. The topological polar surface area (TPSA) is 32.3 Å². The lowest BCUT2D eigenvalue weighted by Crippen LogP contribution is -2.35. The number of nitrogens with one attached hydrogen (secondary N) is 1. The number of hydrogen-bond donors (Lipinski definition) is 1. The van der Waals surface area contributed by atoms with Crippen LogP contribution in [0.15, 0.2) is 91.0 Å². The zero-order valence-electron chi connectivity index (χ0n) is 19.8. The van der Waals surface area contributed by atoms with Crippen molar-refractivity contribution >= 4 is 11.6 Å². The first-order valence-corrected chi connectivity index (χ1v) is 11.7. The van der Waals surface area contributed by atoms with E-state index in [1.807, 2.05) is 80.6 Å². The Morgan fingerprint density at radius 3 is 1.76 bits per heavy atom. The molecule has 1 saturated heterocycles. The van der Waals surface area contributed by atoms with E-state index in [4.69, 9.17) is 0 Å². The van der Waals surface area contributed by atoms with Crippen molar-refractivity contribution < 1.29 is 18.0 Å². The Morgan fingerprint density at radius 2 is 1.29 bits per heavy atom. The van der Waals surface area contributed by atoms with Gasteiger partial charge in [0.15, 0.2) is 0 Å². The fourth-order valence-corrected chi connectivity index (χ4v) is 3.57. The third-order valence-electron chi connectivity index (χ3n) is 5.31. The van der Waals surface area contributed by atoms with Crippen LogP contribution < -0.4 is 5.32 Å². The molecule has 1 heterocycles. The molecule has 1 atom stereocenters. The van der Waals surface area contributed by atoms with Gasteiger partial charge in [0.1, 0.15) is 0 Å². The summed E-state index contributed by atoms with van der Waals surface area (Å²) in [5, 5.41) is 3.22. The molecule has 0 spiro atoms. The van der Waals surface area contributed by atoms with Crippen molar-refractivity contribution in [3.8, 4) is 0 Å². The molecule has 1 fully saturated rings. The standard InChI is InChI=1S/C20H21F3N2O.C6H6.C2H6/c21-20(22,23)16-10-8-15(9-11-16)18(19(26)25-12-4-5-13-25)14-24-17-6-2-1-3-7-17;1-2-4-6-5-3-1;1-2/h1-3,6-11,18,24H,4-5,12-14H2;1-6H;1-2H3. The molecule has 1 amide bonds. The van der Waals surface area contributed by atoms with Gasteiger partial charge in [-0.3, -0.25) is 4.79 Å². The number of anilines is 1. The molecule has 34 heavy (non-hydrogen) atoms. The lowest BCUT2D eigenvalue weighted by atomic mass is 9.96. The lowest BCUT2D eigenvalue weighted by Gasteiger charge is -2.24. The van der Waals surface area contributed by atoms with Gasteiger partial charge in [0, 0.05) is 25.3 Å². The number of halogens is 3. The maximum Gasteiger partial charge on any atom is 0.416 e. The molecule has 3 nitrogen and oxygen atoms in total. The van der Waals surface area contributed by atoms with Crippen molar-refractivity contribution in [2.24, 2.45) is 0 Å². The number of carbonyl (C=O) groups is 1. The van der Waals surface area contributed by atoms with Crippen LogP contribution >= 0.6 is 0 Å². The number of para-hydroxylation sites is 1. The number of hydrogen-bond acceptors (Lipinski definition) is 2. The first-order chi connectivity index (χ1) is 16.4. The van der Waals surface area contributed by atoms with E-state index in [9.17, 15) is 18.0 Å². The van der Waals surface area contributed by atoms with Gasteiger partial charge >= 0.3 is 6.18 Å². The molecule has 3 aromatic carbocycles. The summed E-state index contributed by atoms with van der Waals surface area (Å²) >= 11 is 0. The highest BCUT2D eigenvalue weighted by molar-refractivity contribution is 5.84. The van der Waals surface area contributed by atoms with E-state index in [0.717, 1.165) is 30.7 Å². The normalized spacial score (nSPS) is 13.6. The van der Waals surface area contributed by atoms with Gasteiger partial charge in [-0.05, 0) is 42.7 Å². The summed E-state index contributed by atoms with van der Waals surface area (Å²) in [6, 6.07) is 26.4. The highest BCUT2D eigenvalue weighted by Crippen LogP contribution is 2.31. The van der Waals surface area contributed by atoms with Gasteiger partial charge in [-0.15, -0.1) is 0 Å². The fourth-order valence-electron chi connectivity index (χ4n) is 3.57. The highest BCUT2D eigenvalue weighted by Gasteiger charge is 2.32. The van der Waals surface area contributed by atoms with E-state index >= 15 is 0 Å². The molecular formula is C28H33F3N2O. The minimum absolute atomic E-state index is 0.0364. The number of alkyl halides is 3. The number of carbonyl (C=O) groups excluding carboxylic acids is 1. The predicted octanol–water partition coefficient (Wildman–Crippen LogP) is 7.24. The van der Waals surface area contributed by atoms with E-state index in [2.05, 4.69) is 5.32 Å². The molecule has 3 aromatic rings. The molecule has 1 unspecified atom stereocenters. The summed E-state index contributed by atoms with van der Waals surface area (Å²) in [6.07, 6.45) is -2.44. The van der Waals surface area contributed by atoms with Gasteiger partial charge in [-0.2, -0.15) is 13.2 Å².